The van der Waals surface area contributed by atoms with Crippen LogP contribution in [0.15, 0.2) is 55.0 Å². The monoisotopic (exact) mass is 279 g/mol. The van der Waals surface area contributed by atoms with Crippen LogP contribution in [0.3, 0.4) is 0 Å². The fraction of sp³-hybridized carbons (Fsp3) is 0. The Bertz CT molecular complexity index is 809. The van der Waals surface area contributed by atoms with Crippen molar-refractivity contribution in [3.63, 3.8) is 0 Å². The first-order chi connectivity index (χ1) is 10.2. The molecule has 21 heavy (non-hydrogen) atoms. The predicted molar refractivity (Wildman–Crippen MR) is 79.7 cm³/mol. The second kappa shape index (κ2) is 5.09. The molecule has 0 spiro atoms. The Morgan fingerprint density at radius 1 is 1.14 bits per heavy atom. The van der Waals surface area contributed by atoms with Crippen LogP contribution in [0.4, 0.5) is 5.69 Å². The van der Waals surface area contributed by atoms with Gasteiger partial charge in [-0.2, -0.15) is 5.10 Å². The van der Waals surface area contributed by atoms with Gasteiger partial charge in [0.2, 0.25) is 0 Å². The number of nitrogen functional groups attached to an aromatic ring is 1. The van der Waals surface area contributed by atoms with Crippen LogP contribution in [0.1, 0.15) is 10.4 Å². The first kappa shape index (κ1) is 12.9. The Labute approximate surface area is 121 Å². The van der Waals surface area contributed by atoms with Gasteiger partial charge in [0.15, 0.2) is 5.82 Å². The molecule has 0 bridgehead atoms. The molecule has 6 nitrogen and oxygen atoms in total. The number of hydrogen-bond acceptors (Lipinski definition) is 4. The number of primary amides is 1. The highest BCUT2D eigenvalue weighted by Crippen LogP contribution is 2.25. The second-order valence-corrected chi connectivity index (χ2v) is 4.50. The lowest BCUT2D eigenvalue weighted by Crippen LogP contribution is -2.15. The standard InChI is InChI=1S/C15H13N5O/c16-13-6-2-1-4-11(13)10-8-19-20(9-10)15-12(14(17)21)5-3-7-18-15/h1-9H,16H2,(H2,17,21). The molecule has 0 atom stereocenters. The van der Waals surface area contributed by atoms with Crippen LogP contribution in [-0.4, -0.2) is 20.7 Å². The van der Waals surface area contributed by atoms with Crippen molar-refractivity contribution in [3.05, 3.63) is 60.6 Å². The highest BCUT2D eigenvalue weighted by molar-refractivity contribution is 5.95. The van der Waals surface area contributed by atoms with Gasteiger partial charge in [0.25, 0.3) is 5.91 Å². The zero-order chi connectivity index (χ0) is 14.8. The highest BCUT2D eigenvalue weighted by Gasteiger charge is 2.13. The molecule has 0 fully saturated rings. The summed E-state index contributed by atoms with van der Waals surface area (Å²) in [5.41, 5.74) is 14.0. The summed E-state index contributed by atoms with van der Waals surface area (Å²) in [4.78, 5) is 15.6. The largest absolute Gasteiger partial charge is 0.398 e. The molecule has 0 aliphatic carbocycles. The summed E-state index contributed by atoms with van der Waals surface area (Å²) in [6, 6.07) is 10.8. The number of anilines is 1. The lowest BCUT2D eigenvalue weighted by molar-refractivity contribution is 0.1000. The van der Waals surface area contributed by atoms with Crippen LogP contribution < -0.4 is 11.5 Å². The Hall–Kier alpha value is -3.15. The van der Waals surface area contributed by atoms with Gasteiger partial charge in [0.05, 0.1) is 11.8 Å². The summed E-state index contributed by atoms with van der Waals surface area (Å²) in [7, 11) is 0. The number of amides is 1. The van der Waals surface area contributed by atoms with Crippen molar-refractivity contribution in [1.82, 2.24) is 14.8 Å². The van der Waals surface area contributed by atoms with Crippen LogP contribution in [0.2, 0.25) is 0 Å². The topological polar surface area (TPSA) is 99.8 Å². The molecule has 0 radical (unpaired) electrons. The van der Waals surface area contributed by atoms with Gasteiger partial charge in [-0.25, -0.2) is 9.67 Å². The molecule has 6 heteroatoms. The van der Waals surface area contributed by atoms with E-state index < -0.39 is 5.91 Å². The van der Waals surface area contributed by atoms with E-state index in [1.165, 1.54) is 4.68 Å². The summed E-state index contributed by atoms with van der Waals surface area (Å²) >= 11 is 0. The summed E-state index contributed by atoms with van der Waals surface area (Å²) < 4.78 is 1.52. The molecule has 3 rings (SSSR count). The van der Waals surface area contributed by atoms with Crippen molar-refractivity contribution >= 4 is 11.6 Å². The third-order valence-corrected chi connectivity index (χ3v) is 3.12. The number of rotatable bonds is 3. The highest BCUT2D eigenvalue weighted by atomic mass is 16.1. The Kier molecular flexibility index (Phi) is 3.12. The molecule has 2 heterocycles. The quantitative estimate of drug-likeness (QED) is 0.711. The lowest BCUT2D eigenvalue weighted by atomic mass is 10.1. The Balaban J connectivity index is 2.08. The van der Waals surface area contributed by atoms with Crippen LogP contribution in [-0.2, 0) is 0 Å². The van der Waals surface area contributed by atoms with E-state index in [0.29, 0.717) is 17.1 Å². The van der Waals surface area contributed by atoms with Crippen molar-refractivity contribution in [1.29, 1.82) is 0 Å². The van der Waals surface area contributed by atoms with Gasteiger partial charge in [-0.15, -0.1) is 0 Å². The molecule has 0 aliphatic heterocycles. The predicted octanol–water partition coefficient (Wildman–Crippen LogP) is 1.62. The molecule has 104 valence electrons. The van der Waals surface area contributed by atoms with Crippen molar-refractivity contribution in [2.45, 2.75) is 0 Å². The van der Waals surface area contributed by atoms with Crippen molar-refractivity contribution in [2.75, 3.05) is 5.73 Å². The Morgan fingerprint density at radius 3 is 2.71 bits per heavy atom. The van der Waals surface area contributed by atoms with E-state index in [-0.39, 0.29) is 0 Å². The minimum Gasteiger partial charge on any atom is -0.398 e. The van der Waals surface area contributed by atoms with E-state index in [9.17, 15) is 4.79 Å². The smallest absolute Gasteiger partial charge is 0.252 e. The normalized spacial score (nSPS) is 10.5. The molecule has 0 saturated heterocycles. The van der Waals surface area contributed by atoms with Gasteiger partial charge in [-0.05, 0) is 18.2 Å². The third kappa shape index (κ3) is 2.34. The van der Waals surface area contributed by atoms with E-state index in [1.54, 1.807) is 30.7 Å². The SMILES string of the molecule is NC(=O)c1cccnc1-n1cc(-c2ccccc2N)cn1. The maximum absolute atomic E-state index is 11.4. The molecule has 1 aromatic carbocycles. The summed E-state index contributed by atoms with van der Waals surface area (Å²) in [6.45, 7) is 0. The van der Waals surface area contributed by atoms with Crippen molar-refractivity contribution in [3.8, 4) is 16.9 Å². The van der Waals surface area contributed by atoms with E-state index >= 15 is 0 Å². The second-order valence-electron chi connectivity index (χ2n) is 4.50. The van der Waals surface area contributed by atoms with Gasteiger partial charge in [0, 0.05) is 29.2 Å². The Morgan fingerprint density at radius 2 is 1.95 bits per heavy atom. The van der Waals surface area contributed by atoms with E-state index in [0.717, 1.165) is 11.1 Å². The van der Waals surface area contributed by atoms with Gasteiger partial charge in [0.1, 0.15) is 0 Å². The number of nitrogens with two attached hydrogens (primary N) is 2. The van der Waals surface area contributed by atoms with Gasteiger partial charge in [-0.1, -0.05) is 18.2 Å². The molecule has 0 saturated carbocycles. The number of carbonyl (C=O) groups excluding carboxylic acids is 1. The molecule has 2 aromatic heterocycles. The lowest BCUT2D eigenvalue weighted by Gasteiger charge is -2.05. The summed E-state index contributed by atoms with van der Waals surface area (Å²) in [5, 5.41) is 4.24. The minimum atomic E-state index is -0.547. The van der Waals surface area contributed by atoms with Crippen LogP contribution in [0, 0.1) is 0 Å². The summed E-state index contributed by atoms with van der Waals surface area (Å²) in [6.07, 6.45) is 5.02. The fourth-order valence-electron chi connectivity index (χ4n) is 2.11. The van der Waals surface area contributed by atoms with Gasteiger partial charge in [-0.3, -0.25) is 4.79 Å². The molecular formula is C15H13N5O. The molecular weight excluding hydrogens is 266 g/mol. The van der Waals surface area contributed by atoms with Crippen LogP contribution in [0.25, 0.3) is 16.9 Å². The molecule has 1 amide bonds. The fourth-order valence-corrected chi connectivity index (χ4v) is 2.11. The van der Waals surface area contributed by atoms with E-state index in [1.807, 2.05) is 24.3 Å². The molecule has 0 unspecified atom stereocenters. The average molecular weight is 279 g/mol. The number of carbonyl (C=O) groups is 1. The van der Waals surface area contributed by atoms with Crippen molar-refractivity contribution < 1.29 is 4.79 Å². The zero-order valence-corrected chi connectivity index (χ0v) is 11.1. The van der Waals surface area contributed by atoms with Crippen molar-refractivity contribution in [2.24, 2.45) is 5.73 Å². The van der Waals surface area contributed by atoms with Gasteiger partial charge < -0.3 is 11.5 Å². The first-order valence-corrected chi connectivity index (χ1v) is 6.31. The van der Waals surface area contributed by atoms with E-state index in [4.69, 9.17) is 11.5 Å². The van der Waals surface area contributed by atoms with Gasteiger partial charge >= 0.3 is 0 Å². The maximum Gasteiger partial charge on any atom is 0.252 e. The van der Waals surface area contributed by atoms with E-state index in [2.05, 4.69) is 10.1 Å². The molecule has 4 N–H and O–H groups in total. The zero-order valence-electron chi connectivity index (χ0n) is 11.1. The molecule has 3 aromatic rings. The number of pyridine rings is 1. The third-order valence-electron chi connectivity index (χ3n) is 3.12. The average Bonchev–Trinajstić information content (AvgIpc) is 2.97. The number of benzene rings is 1. The number of aromatic nitrogens is 3. The van der Waals surface area contributed by atoms with Crippen LogP contribution >= 0.6 is 0 Å². The number of nitrogens with zero attached hydrogens (tertiary/aromatic N) is 3. The number of para-hydroxylation sites is 1. The van der Waals surface area contributed by atoms with Crippen LogP contribution in [0.5, 0.6) is 0 Å². The molecule has 0 aliphatic rings. The maximum atomic E-state index is 11.4. The summed E-state index contributed by atoms with van der Waals surface area (Å²) in [5.74, 6) is -0.153. The minimum absolute atomic E-state index is 0.313. The number of hydrogen-bond donors (Lipinski definition) is 2. The first-order valence-electron chi connectivity index (χ1n) is 6.31.